The number of aromatic amines is 1. The first-order chi connectivity index (χ1) is 10.9. The van der Waals surface area contributed by atoms with Gasteiger partial charge in [-0.15, -0.1) is 0 Å². The first-order valence-electron chi connectivity index (χ1n) is 7.54. The Hall–Kier alpha value is -2.26. The molecule has 2 aromatic carbocycles. The number of halogens is 1. The van der Waals surface area contributed by atoms with E-state index in [9.17, 15) is 4.79 Å². The second-order valence-electron chi connectivity index (χ2n) is 6.64. The van der Waals surface area contributed by atoms with E-state index in [1.165, 1.54) is 0 Å². The van der Waals surface area contributed by atoms with Crippen LogP contribution >= 0.6 is 11.6 Å². The zero-order chi connectivity index (χ0) is 16.6. The van der Waals surface area contributed by atoms with Crippen LogP contribution in [0.3, 0.4) is 0 Å². The number of fused-ring (bicyclic) bond motifs is 1. The highest BCUT2D eigenvalue weighted by molar-refractivity contribution is 6.31. The molecule has 1 amide bonds. The molecule has 0 aliphatic carbocycles. The van der Waals surface area contributed by atoms with E-state index in [1.54, 1.807) is 12.3 Å². The summed E-state index contributed by atoms with van der Waals surface area (Å²) in [6, 6.07) is 13.4. The van der Waals surface area contributed by atoms with Crippen LogP contribution in [0.1, 0.15) is 36.7 Å². The standard InChI is InChI=1S/C19H19ClN2O/c1-19(2,3)15-6-4-5-7-16(15)22-18(23)14-11-21-17-10-12(20)8-9-13(14)17/h4-11,21H,1-3H3,(H,22,23). The van der Waals surface area contributed by atoms with Crippen molar-refractivity contribution in [1.82, 2.24) is 4.98 Å². The summed E-state index contributed by atoms with van der Waals surface area (Å²) in [5, 5.41) is 4.54. The van der Waals surface area contributed by atoms with Crippen molar-refractivity contribution in [3.05, 3.63) is 64.8 Å². The fourth-order valence-electron chi connectivity index (χ4n) is 2.72. The lowest BCUT2D eigenvalue weighted by molar-refractivity contribution is 0.102. The molecule has 0 bridgehead atoms. The lowest BCUT2D eigenvalue weighted by Gasteiger charge is -2.22. The third kappa shape index (κ3) is 3.10. The van der Waals surface area contributed by atoms with Crippen molar-refractivity contribution in [3.8, 4) is 0 Å². The van der Waals surface area contributed by atoms with Gasteiger partial charge in [-0.2, -0.15) is 0 Å². The third-order valence-electron chi connectivity index (χ3n) is 3.87. The van der Waals surface area contributed by atoms with Crippen LogP contribution in [0.25, 0.3) is 10.9 Å². The van der Waals surface area contributed by atoms with Gasteiger partial charge in [0.2, 0.25) is 0 Å². The number of amides is 1. The summed E-state index contributed by atoms with van der Waals surface area (Å²) in [4.78, 5) is 15.8. The molecule has 0 aliphatic rings. The highest BCUT2D eigenvalue weighted by atomic mass is 35.5. The number of para-hydroxylation sites is 1. The normalized spacial score (nSPS) is 11.7. The highest BCUT2D eigenvalue weighted by Gasteiger charge is 2.20. The molecule has 23 heavy (non-hydrogen) atoms. The Bertz CT molecular complexity index is 874. The van der Waals surface area contributed by atoms with E-state index >= 15 is 0 Å². The highest BCUT2D eigenvalue weighted by Crippen LogP contribution is 2.30. The maximum atomic E-state index is 12.7. The first-order valence-corrected chi connectivity index (χ1v) is 7.91. The zero-order valence-corrected chi connectivity index (χ0v) is 14.2. The minimum atomic E-state index is -0.129. The predicted molar refractivity (Wildman–Crippen MR) is 96.4 cm³/mol. The number of anilines is 1. The molecule has 0 saturated heterocycles. The van der Waals surface area contributed by atoms with Gasteiger partial charge < -0.3 is 10.3 Å². The van der Waals surface area contributed by atoms with E-state index in [0.29, 0.717) is 10.6 Å². The van der Waals surface area contributed by atoms with Crippen LogP contribution in [-0.2, 0) is 5.41 Å². The maximum absolute atomic E-state index is 12.7. The number of hydrogen-bond donors (Lipinski definition) is 2. The fraction of sp³-hybridized carbons (Fsp3) is 0.211. The van der Waals surface area contributed by atoms with Gasteiger partial charge in [0.05, 0.1) is 5.56 Å². The van der Waals surface area contributed by atoms with E-state index in [2.05, 4.69) is 31.1 Å². The van der Waals surface area contributed by atoms with Gasteiger partial charge in [0.15, 0.2) is 0 Å². The summed E-state index contributed by atoms with van der Waals surface area (Å²) in [7, 11) is 0. The average Bonchev–Trinajstić information content (AvgIpc) is 2.89. The minimum Gasteiger partial charge on any atom is -0.360 e. The molecule has 118 valence electrons. The first kappa shape index (κ1) is 15.6. The molecule has 3 nitrogen and oxygen atoms in total. The molecule has 0 saturated carbocycles. The fourth-order valence-corrected chi connectivity index (χ4v) is 2.89. The number of carbonyl (C=O) groups excluding carboxylic acids is 1. The molecule has 0 spiro atoms. The van der Waals surface area contributed by atoms with Crippen LogP contribution in [0.15, 0.2) is 48.7 Å². The largest absolute Gasteiger partial charge is 0.360 e. The number of rotatable bonds is 2. The Labute approximate surface area is 140 Å². The second kappa shape index (κ2) is 5.74. The summed E-state index contributed by atoms with van der Waals surface area (Å²) in [5.41, 5.74) is 3.37. The number of carbonyl (C=O) groups is 1. The Morgan fingerprint density at radius 3 is 2.61 bits per heavy atom. The van der Waals surface area contributed by atoms with E-state index in [-0.39, 0.29) is 11.3 Å². The minimum absolute atomic E-state index is 0.0440. The molecule has 0 unspecified atom stereocenters. The lowest BCUT2D eigenvalue weighted by Crippen LogP contribution is -2.18. The predicted octanol–water partition coefficient (Wildman–Crippen LogP) is 5.37. The van der Waals surface area contributed by atoms with Gasteiger partial charge in [-0.05, 0) is 29.2 Å². The molecular weight excluding hydrogens is 308 g/mol. The van der Waals surface area contributed by atoms with Crippen LogP contribution < -0.4 is 5.32 Å². The van der Waals surface area contributed by atoms with Gasteiger partial charge in [-0.25, -0.2) is 0 Å². The van der Waals surface area contributed by atoms with E-state index in [4.69, 9.17) is 11.6 Å². The molecule has 1 aromatic heterocycles. The molecular formula is C19H19ClN2O. The van der Waals surface area contributed by atoms with Crippen molar-refractivity contribution in [3.63, 3.8) is 0 Å². The summed E-state index contributed by atoms with van der Waals surface area (Å²) in [6.07, 6.45) is 1.72. The number of nitrogens with one attached hydrogen (secondary N) is 2. The van der Waals surface area contributed by atoms with Crippen molar-refractivity contribution in [2.75, 3.05) is 5.32 Å². The summed E-state index contributed by atoms with van der Waals surface area (Å²) in [6.45, 7) is 6.39. The molecule has 3 rings (SSSR count). The summed E-state index contributed by atoms with van der Waals surface area (Å²) in [5.74, 6) is -0.129. The van der Waals surface area contributed by atoms with Crippen LogP contribution in [0.4, 0.5) is 5.69 Å². The Balaban J connectivity index is 1.96. The Morgan fingerprint density at radius 1 is 1.13 bits per heavy atom. The molecule has 0 aliphatic heterocycles. The Morgan fingerprint density at radius 2 is 1.87 bits per heavy atom. The van der Waals surface area contributed by atoms with Gasteiger partial charge in [0, 0.05) is 27.8 Å². The number of aromatic nitrogens is 1. The third-order valence-corrected chi connectivity index (χ3v) is 4.11. The molecule has 0 fully saturated rings. The smallest absolute Gasteiger partial charge is 0.257 e. The van der Waals surface area contributed by atoms with Gasteiger partial charge in [0.25, 0.3) is 5.91 Å². The van der Waals surface area contributed by atoms with Crippen LogP contribution in [0, 0.1) is 0 Å². The van der Waals surface area contributed by atoms with E-state index < -0.39 is 0 Å². The molecule has 0 atom stereocenters. The van der Waals surface area contributed by atoms with Crippen LogP contribution in [0.2, 0.25) is 5.02 Å². The van der Waals surface area contributed by atoms with Gasteiger partial charge in [-0.1, -0.05) is 56.6 Å². The van der Waals surface area contributed by atoms with Crippen LogP contribution in [-0.4, -0.2) is 10.9 Å². The average molecular weight is 327 g/mol. The molecule has 1 heterocycles. The summed E-state index contributed by atoms with van der Waals surface area (Å²) < 4.78 is 0. The topological polar surface area (TPSA) is 44.9 Å². The van der Waals surface area contributed by atoms with Gasteiger partial charge >= 0.3 is 0 Å². The van der Waals surface area contributed by atoms with Gasteiger partial charge in [0.1, 0.15) is 0 Å². The van der Waals surface area contributed by atoms with Crippen molar-refractivity contribution in [1.29, 1.82) is 0 Å². The second-order valence-corrected chi connectivity index (χ2v) is 7.08. The number of benzene rings is 2. The molecule has 0 radical (unpaired) electrons. The Kier molecular flexibility index (Phi) is 3.90. The quantitative estimate of drug-likeness (QED) is 0.653. The van der Waals surface area contributed by atoms with Crippen LogP contribution in [0.5, 0.6) is 0 Å². The van der Waals surface area contributed by atoms with Crippen molar-refractivity contribution >= 4 is 34.1 Å². The molecule has 2 N–H and O–H groups in total. The SMILES string of the molecule is CC(C)(C)c1ccccc1NC(=O)c1c[nH]c2cc(Cl)ccc12. The van der Waals surface area contributed by atoms with E-state index in [0.717, 1.165) is 22.2 Å². The monoisotopic (exact) mass is 326 g/mol. The van der Waals surface area contributed by atoms with Gasteiger partial charge in [-0.3, -0.25) is 4.79 Å². The van der Waals surface area contributed by atoms with Crippen molar-refractivity contribution < 1.29 is 4.79 Å². The maximum Gasteiger partial charge on any atom is 0.257 e. The lowest BCUT2D eigenvalue weighted by atomic mass is 9.86. The van der Waals surface area contributed by atoms with E-state index in [1.807, 2.05) is 36.4 Å². The number of hydrogen-bond acceptors (Lipinski definition) is 1. The summed E-state index contributed by atoms with van der Waals surface area (Å²) >= 11 is 5.99. The zero-order valence-electron chi connectivity index (χ0n) is 13.4. The van der Waals surface area contributed by atoms with Crippen molar-refractivity contribution in [2.45, 2.75) is 26.2 Å². The molecule has 3 aromatic rings. The van der Waals surface area contributed by atoms with Crippen molar-refractivity contribution in [2.24, 2.45) is 0 Å². The molecule has 4 heteroatoms. The number of H-pyrrole nitrogens is 1.